The maximum Gasteiger partial charge on any atom is 0.270 e. The van der Waals surface area contributed by atoms with Crippen LogP contribution in [0.1, 0.15) is 41.7 Å². The first-order valence-corrected chi connectivity index (χ1v) is 11.4. The van der Waals surface area contributed by atoms with Crippen molar-refractivity contribution in [3.8, 4) is 17.3 Å². The zero-order chi connectivity index (χ0) is 23.9. The number of anilines is 1. The van der Waals surface area contributed by atoms with Crippen LogP contribution in [0.3, 0.4) is 0 Å². The van der Waals surface area contributed by atoms with Crippen LogP contribution >= 0.6 is 0 Å². The first kappa shape index (κ1) is 23.6. The average molecular weight is 466 g/mol. The fourth-order valence-electron chi connectivity index (χ4n) is 4.18. The number of carbonyl (C=O) groups is 1. The normalized spacial score (nSPS) is 17.7. The maximum atomic E-state index is 12.9. The van der Waals surface area contributed by atoms with E-state index in [0.717, 1.165) is 48.4 Å². The molecule has 9 nitrogen and oxygen atoms in total. The van der Waals surface area contributed by atoms with Crippen molar-refractivity contribution < 1.29 is 19.0 Å². The topological polar surface area (TPSA) is 99.5 Å². The van der Waals surface area contributed by atoms with Crippen molar-refractivity contribution in [1.29, 1.82) is 0 Å². The van der Waals surface area contributed by atoms with Crippen molar-refractivity contribution in [1.82, 2.24) is 19.9 Å². The third-order valence-corrected chi connectivity index (χ3v) is 6.16. The molecular weight excluding hydrogens is 434 g/mol. The predicted octanol–water partition coefficient (Wildman–Crippen LogP) is 3.58. The molecule has 0 atom stereocenters. The SMILES string of the molecule is COc1ccc(CNc2ccc(C(=O)NC3CCC(OC)CC3)nc2-n2ccnc2)c(OC)c1. The summed E-state index contributed by atoms with van der Waals surface area (Å²) in [6.07, 6.45) is 9.14. The van der Waals surface area contributed by atoms with E-state index in [0.29, 0.717) is 18.1 Å². The van der Waals surface area contributed by atoms with E-state index < -0.39 is 0 Å². The van der Waals surface area contributed by atoms with Gasteiger partial charge in [-0.05, 0) is 49.9 Å². The van der Waals surface area contributed by atoms with Crippen LogP contribution in [-0.2, 0) is 11.3 Å². The van der Waals surface area contributed by atoms with Gasteiger partial charge in [-0.3, -0.25) is 9.36 Å². The lowest BCUT2D eigenvalue weighted by atomic mass is 9.93. The van der Waals surface area contributed by atoms with E-state index in [-0.39, 0.29) is 18.1 Å². The van der Waals surface area contributed by atoms with Crippen LogP contribution in [-0.4, -0.2) is 53.9 Å². The van der Waals surface area contributed by atoms with E-state index in [1.54, 1.807) is 50.7 Å². The van der Waals surface area contributed by atoms with Crippen LogP contribution in [0.2, 0.25) is 0 Å². The fraction of sp³-hybridized carbons (Fsp3) is 0.400. The Bertz CT molecular complexity index is 1090. The summed E-state index contributed by atoms with van der Waals surface area (Å²) >= 11 is 0. The number of imidazole rings is 1. The van der Waals surface area contributed by atoms with Gasteiger partial charge in [-0.15, -0.1) is 0 Å². The third kappa shape index (κ3) is 5.48. The Labute approximate surface area is 199 Å². The highest BCUT2D eigenvalue weighted by atomic mass is 16.5. The van der Waals surface area contributed by atoms with Gasteiger partial charge >= 0.3 is 0 Å². The zero-order valence-electron chi connectivity index (χ0n) is 19.8. The van der Waals surface area contributed by atoms with Gasteiger partial charge in [0.05, 0.1) is 26.0 Å². The van der Waals surface area contributed by atoms with Gasteiger partial charge in [-0.2, -0.15) is 0 Å². The molecule has 1 aromatic carbocycles. The van der Waals surface area contributed by atoms with Crippen LogP contribution in [0.5, 0.6) is 11.5 Å². The molecule has 0 saturated heterocycles. The number of nitrogens with zero attached hydrogens (tertiary/aromatic N) is 3. The Morgan fingerprint density at radius 3 is 2.59 bits per heavy atom. The largest absolute Gasteiger partial charge is 0.497 e. The quantitative estimate of drug-likeness (QED) is 0.498. The van der Waals surface area contributed by atoms with Gasteiger partial charge in [-0.1, -0.05) is 0 Å². The standard InChI is InChI=1S/C25H31N5O4/c1-32-19-8-5-18(6-9-19)28-25(31)22-11-10-21(24(29-22)30-13-12-26-16-30)27-15-17-4-7-20(33-2)14-23(17)34-3/h4,7,10-14,16,18-19,27H,5-6,8-9,15H2,1-3H3,(H,28,31). The van der Waals surface area contributed by atoms with E-state index in [1.807, 2.05) is 24.3 Å². The molecule has 1 saturated carbocycles. The van der Waals surface area contributed by atoms with Gasteiger partial charge in [0.2, 0.25) is 0 Å². The molecular formula is C25H31N5O4. The Hall–Kier alpha value is -3.59. The molecule has 3 aromatic rings. The van der Waals surface area contributed by atoms with Gasteiger partial charge in [0.1, 0.15) is 23.5 Å². The average Bonchev–Trinajstić information content (AvgIpc) is 3.42. The summed E-state index contributed by atoms with van der Waals surface area (Å²) in [6.45, 7) is 0.505. The number of methoxy groups -OCH3 is 3. The minimum Gasteiger partial charge on any atom is -0.497 e. The minimum atomic E-state index is -0.175. The molecule has 0 radical (unpaired) electrons. The number of rotatable bonds is 9. The lowest BCUT2D eigenvalue weighted by Gasteiger charge is -2.28. The molecule has 1 fully saturated rings. The number of ether oxygens (including phenoxy) is 3. The molecule has 0 spiro atoms. The van der Waals surface area contributed by atoms with Crippen molar-refractivity contribution in [2.24, 2.45) is 0 Å². The number of nitrogens with one attached hydrogen (secondary N) is 2. The molecule has 0 bridgehead atoms. The second kappa shape index (κ2) is 11.0. The van der Waals surface area contributed by atoms with Crippen LogP contribution < -0.4 is 20.1 Å². The van der Waals surface area contributed by atoms with Crippen LogP contribution in [0.15, 0.2) is 49.1 Å². The van der Waals surface area contributed by atoms with Crippen molar-refractivity contribution in [3.63, 3.8) is 0 Å². The fourth-order valence-corrected chi connectivity index (χ4v) is 4.18. The number of pyridine rings is 1. The molecule has 1 aliphatic carbocycles. The van der Waals surface area contributed by atoms with Gasteiger partial charge in [0, 0.05) is 43.7 Å². The number of benzene rings is 1. The molecule has 2 N–H and O–H groups in total. The molecule has 9 heteroatoms. The van der Waals surface area contributed by atoms with Gasteiger partial charge in [0.15, 0.2) is 5.82 Å². The number of carbonyl (C=O) groups excluding carboxylic acids is 1. The number of hydrogen-bond acceptors (Lipinski definition) is 7. The molecule has 1 amide bonds. The zero-order valence-corrected chi connectivity index (χ0v) is 19.8. The van der Waals surface area contributed by atoms with Crippen molar-refractivity contribution in [2.45, 2.75) is 44.4 Å². The third-order valence-electron chi connectivity index (χ3n) is 6.16. The molecule has 34 heavy (non-hydrogen) atoms. The monoisotopic (exact) mass is 465 g/mol. The Kier molecular flexibility index (Phi) is 7.64. The highest BCUT2D eigenvalue weighted by molar-refractivity contribution is 5.93. The lowest BCUT2D eigenvalue weighted by Crippen LogP contribution is -2.39. The smallest absolute Gasteiger partial charge is 0.270 e. The first-order chi connectivity index (χ1) is 16.6. The highest BCUT2D eigenvalue weighted by Gasteiger charge is 2.23. The lowest BCUT2D eigenvalue weighted by molar-refractivity contribution is 0.0598. The van der Waals surface area contributed by atoms with Crippen molar-refractivity contribution in [2.75, 3.05) is 26.6 Å². The maximum absolute atomic E-state index is 12.9. The van der Waals surface area contributed by atoms with E-state index in [1.165, 1.54) is 0 Å². The summed E-state index contributed by atoms with van der Waals surface area (Å²) in [5.41, 5.74) is 2.10. The number of hydrogen-bond donors (Lipinski definition) is 2. The van der Waals surface area contributed by atoms with E-state index in [4.69, 9.17) is 14.2 Å². The summed E-state index contributed by atoms with van der Waals surface area (Å²) in [6, 6.07) is 9.44. The Morgan fingerprint density at radius 1 is 1.09 bits per heavy atom. The summed E-state index contributed by atoms with van der Waals surface area (Å²) in [4.78, 5) is 21.7. The summed E-state index contributed by atoms with van der Waals surface area (Å²) < 4.78 is 18.0. The molecule has 180 valence electrons. The molecule has 0 aliphatic heterocycles. The van der Waals surface area contributed by atoms with Gasteiger partial charge in [-0.25, -0.2) is 9.97 Å². The predicted molar refractivity (Wildman–Crippen MR) is 129 cm³/mol. The second-order valence-electron chi connectivity index (χ2n) is 8.25. The van der Waals surface area contributed by atoms with Gasteiger partial charge < -0.3 is 24.8 Å². The number of amides is 1. The van der Waals surface area contributed by atoms with Crippen molar-refractivity contribution >= 4 is 11.6 Å². The minimum absolute atomic E-state index is 0.137. The molecule has 0 unspecified atom stereocenters. The van der Waals surface area contributed by atoms with Crippen LogP contribution in [0.25, 0.3) is 5.82 Å². The summed E-state index contributed by atoms with van der Waals surface area (Å²) in [5.74, 6) is 1.88. The van der Waals surface area contributed by atoms with Crippen molar-refractivity contribution in [3.05, 3.63) is 60.3 Å². The Morgan fingerprint density at radius 2 is 1.91 bits per heavy atom. The summed E-state index contributed by atoms with van der Waals surface area (Å²) in [7, 11) is 5.00. The molecule has 1 aliphatic rings. The first-order valence-electron chi connectivity index (χ1n) is 11.4. The number of aromatic nitrogens is 3. The Balaban J connectivity index is 1.51. The highest BCUT2D eigenvalue weighted by Crippen LogP contribution is 2.27. The van der Waals surface area contributed by atoms with E-state index in [9.17, 15) is 4.79 Å². The summed E-state index contributed by atoms with van der Waals surface area (Å²) in [5, 5.41) is 6.54. The molecule has 2 heterocycles. The van der Waals surface area contributed by atoms with Gasteiger partial charge in [0.25, 0.3) is 5.91 Å². The van der Waals surface area contributed by atoms with E-state index in [2.05, 4.69) is 20.6 Å². The molecule has 2 aromatic heterocycles. The second-order valence-corrected chi connectivity index (χ2v) is 8.25. The van der Waals surface area contributed by atoms with Crippen LogP contribution in [0, 0.1) is 0 Å². The molecule has 4 rings (SSSR count). The van der Waals surface area contributed by atoms with E-state index >= 15 is 0 Å². The van der Waals surface area contributed by atoms with Crippen LogP contribution in [0.4, 0.5) is 5.69 Å².